The molecule has 0 aliphatic heterocycles. The lowest BCUT2D eigenvalue weighted by atomic mass is 9.94. The van der Waals surface area contributed by atoms with E-state index in [1.807, 2.05) is 72.8 Å². The molecule has 0 fully saturated rings. The second-order valence-electron chi connectivity index (χ2n) is 7.97. The summed E-state index contributed by atoms with van der Waals surface area (Å²) in [4.78, 5) is 21.3. The molecular weight excluding hydrogens is 424 g/mol. The molecule has 2 heterocycles. The van der Waals surface area contributed by atoms with E-state index in [0.29, 0.717) is 23.4 Å². The molecule has 2 aromatic carbocycles. The van der Waals surface area contributed by atoms with Crippen molar-refractivity contribution in [3.05, 3.63) is 102 Å². The number of benzene rings is 2. The van der Waals surface area contributed by atoms with Crippen molar-refractivity contribution in [2.24, 2.45) is 21.2 Å². The van der Waals surface area contributed by atoms with Gasteiger partial charge in [-0.2, -0.15) is 0 Å². The zero-order valence-corrected chi connectivity index (χ0v) is 18.4. The fraction of sp³-hybridized carbons (Fsp3) is 0.111. The molecule has 7 nitrogen and oxygen atoms in total. The van der Waals surface area contributed by atoms with Crippen LogP contribution in [0.3, 0.4) is 0 Å². The fourth-order valence-electron chi connectivity index (χ4n) is 3.90. The van der Waals surface area contributed by atoms with E-state index < -0.39 is 0 Å². The molecule has 0 amide bonds. The topological polar surface area (TPSA) is 106 Å². The molecule has 0 atom stereocenters. The highest BCUT2D eigenvalue weighted by atomic mass is 16.1. The van der Waals surface area contributed by atoms with Crippen molar-refractivity contribution in [2.75, 3.05) is 0 Å². The molecule has 7 heteroatoms. The lowest BCUT2D eigenvalue weighted by molar-refractivity contribution is 0.0971. The molecule has 0 spiro atoms. The molecule has 2 N–H and O–H groups in total. The number of aryl methyl sites for hydroxylation is 1. The smallest absolute Gasteiger partial charge is 0.173 e. The standard InChI is InChI=1S/C27H22N6O/c28-27(23-15-14-21-22(29-23)12-7-13-26(21)34)32-33-31-20-16-24(18-8-3-1-4-9-18)30-25(17-20)19-10-5-2-6-11-19/h1-6,8-11,14-17H,7,12-13H2,(H2,28,30,31,32). The highest BCUT2D eigenvalue weighted by Crippen LogP contribution is 2.28. The van der Waals surface area contributed by atoms with Crippen molar-refractivity contribution >= 4 is 17.3 Å². The number of amidine groups is 1. The maximum Gasteiger partial charge on any atom is 0.173 e. The van der Waals surface area contributed by atoms with Crippen LogP contribution in [0.5, 0.6) is 0 Å². The van der Waals surface area contributed by atoms with Crippen LogP contribution in [0.2, 0.25) is 0 Å². The molecule has 0 unspecified atom stereocenters. The fourth-order valence-corrected chi connectivity index (χ4v) is 3.90. The summed E-state index contributed by atoms with van der Waals surface area (Å²) >= 11 is 0. The first kappa shape index (κ1) is 21.3. The van der Waals surface area contributed by atoms with Crippen LogP contribution in [-0.4, -0.2) is 21.6 Å². The van der Waals surface area contributed by atoms with Crippen LogP contribution in [-0.2, 0) is 6.42 Å². The second-order valence-corrected chi connectivity index (χ2v) is 7.97. The van der Waals surface area contributed by atoms with Crippen LogP contribution in [0.25, 0.3) is 22.5 Å². The number of carbonyl (C=O) groups is 1. The highest BCUT2D eigenvalue weighted by molar-refractivity contribution is 6.00. The van der Waals surface area contributed by atoms with Crippen molar-refractivity contribution in [2.45, 2.75) is 19.3 Å². The number of fused-ring (bicyclic) bond motifs is 1. The summed E-state index contributed by atoms with van der Waals surface area (Å²) in [5.41, 5.74) is 12.2. The van der Waals surface area contributed by atoms with Gasteiger partial charge < -0.3 is 5.73 Å². The van der Waals surface area contributed by atoms with E-state index in [4.69, 9.17) is 10.7 Å². The molecule has 166 valence electrons. The minimum absolute atomic E-state index is 0.122. The van der Waals surface area contributed by atoms with Crippen LogP contribution in [0.4, 0.5) is 5.69 Å². The Bertz CT molecular complexity index is 1340. The molecule has 5 rings (SSSR count). The van der Waals surface area contributed by atoms with Gasteiger partial charge in [-0.1, -0.05) is 60.7 Å². The third-order valence-electron chi connectivity index (χ3n) is 5.62. The third-order valence-corrected chi connectivity index (χ3v) is 5.62. The van der Waals surface area contributed by atoms with E-state index in [-0.39, 0.29) is 11.6 Å². The van der Waals surface area contributed by atoms with Gasteiger partial charge in [0.05, 0.1) is 22.8 Å². The van der Waals surface area contributed by atoms with Gasteiger partial charge >= 0.3 is 0 Å². The number of rotatable bonds is 5. The Morgan fingerprint density at radius 2 is 1.44 bits per heavy atom. The lowest BCUT2D eigenvalue weighted by Crippen LogP contribution is -2.19. The van der Waals surface area contributed by atoms with E-state index in [1.54, 1.807) is 12.1 Å². The zero-order valence-electron chi connectivity index (χ0n) is 18.4. The summed E-state index contributed by atoms with van der Waals surface area (Å²) in [6.07, 6.45) is 2.12. The van der Waals surface area contributed by atoms with Crippen molar-refractivity contribution in [1.29, 1.82) is 0 Å². The monoisotopic (exact) mass is 446 g/mol. The van der Waals surface area contributed by atoms with Gasteiger partial charge in [-0.05, 0) is 42.3 Å². The molecular formula is C27H22N6O. The number of hydrogen-bond acceptors (Lipinski definition) is 5. The normalized spacial score (nSPS) is 13.8. The second kappa shape index (κ2) is 9.54. The van der Waals surface area contributed by atoms with Gasteiger partial charge in [0.25, 0.3) is 0 Å². The predicted octanol–water partition coefficient (Wildman–Crippen LogP) is 5.73. The Hall–Kier alpha value is -4.52. The zero-order chi connectivity index (χ0) is 23.3. The first-order valence-corrected chi connectivity index (χ1v) is 11.1. The summed E-state index contributed by atoms with van der Waals surface area (Å²) < 4.78 is 0. The SMILES string of the molecule is N/C(=N\N=Nc1cc(-c2ccccc2)nc(-c2ccccc2)c1)c1ccc2c(n1)CCCC2=O. The minimum Gasteiger partial charge on any atom is -0.380 e. The quantitative estimate of drug-likeness (QED) is 0.183. The molecule has 0 bridgehead atoms. The number of pyridine rings is 2. The average Bonchev–Trinajstić information content (AvgIpc) is 2.89. The summed E-state index contributed by atoms with van der Waals surface area (Å²) in [6, 6.07) is 27.0. The van der Waals surface area contributed by atoms with Crippen LogP contribution >= 0.6 is 0 Å². The van der Waals surface area contributed by atoms with E-state index in [0.717, 1.165) is 41.1 Å². The van der Waals surface area contributed by atoms with Crippen LogP contribution in [0.1, 0.15) is 34.6 Å². The number of aromatic nitrogens is 2. The molecule has 1 aliphatic carbocycles. The van der Waals surface area contributed by atoms with E-state index in [2.05, 4.69) is 20.4 Å². The van der Waals surface area contributed by atoms with Crippen LogP contribution < -0.4 is 5.73 Å². The Balaban J connectivity index is 1.46. The number of ketones is 1. The maximum absolute atomic E-state index is 12.0. The predicted molar refractivity (Wildman–Crippen MR) is 132 cm³/mol. The summed E-state index contributed by atoms with van der Waals surface area (Å²) in [6.45, 7) is 0. The van der Waals surface area contributed by atoms with Gasteiger partial charge in [0, 0.05) is 23.1 Å². The van der Waals surface area contributed by atoms with Gasteiger partial charge in [0.2, 0.25) is 0 Å². The Kier molecular flexibility index (Phi) is 5.99. The molecule has 4 aromatic rings. The number of hydrogen-bond donors (Lipinski definition) is 1. The van der Waals surface area contributed by atoms with Crippen molar-refractivity contribution in [1.82, 2.24) is 9.97 Å². The van der Waals surface area contributed by atoms with E-state index in [1.165, 1.54) is 0 Å². The van der Waals surface area contributed by atoms with Gasteiger partial charge in [-0.3, -0.25) is 4.79 Å². The molecule has 2 aromatic heterocycles. The number of carbonyl (C=O) groups excluding carboxylic acids is 1. The van der Waals surface area contributed by atoms with E-state index in [9.17, 15) is 4.79 Å². The summed E-state index contributed by atoms with van der Waals surface area (Å²) in [5.74, 6) is 0.266. The highest BCUT2D eigenvalue weighted by Gasteiger charge is 2.19. The molecule has 1 aliphatic rings. The minimum atomic E-state index is 0.122. The summed E-state index contributed by atoms with van der Waals surface area (Å²) in [5, 5.41) is 12.3. The third kappa shape index (κ3) is 4.63. The lowest BCUT2D eigenvalue weighted by Gasteiger charge is -2.13. The van der Waals surface area contributed by atoms with Crippen molar-refractivity contribution in [3.8, 4) is 22.5 Å². The van der Waals surface area contributed by atoms with Gasteiger partial charge in [-0.15, -0.1) is 10.2 Å². The van der Waals surface area contributed by atoms with Crippen LogP contribution in [0.15, 0.2) is 100 Å². The molecule has 0 saturated carbocycles. The van der Waals surface area contributed by atoms with Crippen molar-refractivity contribution in [3.63, 3.8) is 0 Å². The molecule has 0 saturated heterocycles. The first-order chi connectivity index (χ1) is 16.7. The van der Waals surface area contributed by atoms with Gasteiger partial charge in [0.1, 0.15) is 5.69 Å². The number of nitrogens with two attached hydrogens (primary N) is 1. The largest absolute Gasteiger partial charge is 0.380 e. The van der Waals surface area contributed by atoms with Gasteiger partial charge in [0.15, 0.2) is 11.6 Å². The van der Waals surface area contributed by atoms with E-state index >= 15 is 0 Å². The maximum atomic E-state index is 12.0. The van der Waals surface area contributed by atoms with Gasteiger partial charge in [-0.25, -0.2) is 9.97 Å². The Morgan fingerprint density at radius 1 is 0.794 bits per heavy atom. The molecule has 0 radical (unpaired) electrons. The summed E-state index contributed by atoms with van der Waals surface area (Å²) in [7, 11) is 0. The first-order valence-electron chi connectivity index (χ1n) is 11.1. The Labute approximate surface area is 197 Å². The van der Waals surface area contributed by atoms with Crippen molar-refractivity contribution < 1.29 is 4.79 Å². The number of Topliss-reactive ketones (excluding diaryl/α,β-unsaturated/α-hetero) is 1. The average molecular weight is 447 g/mol. The Morgan fingerprint density at radius 3 is 2.09 bits per heavy atom. The number of nitrogens with zero attached hydrogens (tertiary/aromatic N) is 5. The molecule has 34 heavy (non-hydrogen) atoms. The van der Waals surface area contributed by atoms with Crippen LogP contribution in [0, 0.1) is 0 Å².